The molecule has 0 aliphatic rings. The molecule has 0 heterocycles. The van der Waals surface area contributed by atoms with Crippen LogP contribution < -0.4 is 5.32 Å². The Morgan fingerprint density at radius 2 is 1.27 bits per heavy atom. The number of rotatable bonds is 4. The first kappa shape index (κ1) is 24.2. The average molecular weight is 221 g/mol. The second-order valence-corrected chi connectivity index (χ2v) is 2.72. The molecule has 0 aromatic carbocycles. The molecule has 1 N–H and O–H groups in total. The third kappa shape index (κ3) is 31.5. The van der Waals surface area contributed by atoms with Gasteiger partial charge in [-0.15, -0.1) is 0 Å². The van der Waals surface area contributed by atoms with Crippen LogP contribution in [0.25, 0.3) is 0 Å². The maximum absolute atomic E-state index is 5.41. The van der Waals surface area contributed by atoms with Gasteiger partial charge in [-0.3, -0.25) is 0 Å². The van der Waals surface area contributed by atoms with E-state index in [4.69, 9.17) is 4.74 Å². The summed E-state index contributed by atoms with van der Waals surface area (Å²) in [6.45, 7) is 19.9. The highest BCUT2D eigenvalue weighted by Crippen LogP contribution is 2.05. The highest BCUT2D eigenvalue weighted by molar-refractivity contribution is 4.69. The number of likely N-dealkylation sites (N-methyl/N-ethyl adjacent to an activating group) is 1. The molecule has 98 valence electrons. The fraction of sp³-hybridized carbons (Fsp3) is 1.00. The minimum atomic E-state index is -0.0104. The minimum Gasteiger partial charge on any atom is -0.375 e. The fourth-order valence-electron chi connectivity index (χ4n) is 0.867. The molecule has 0 amide bonds. The molecule has 0 rings (SSSR count). The van der Waals surface area contributed by atoms with E-state index in [-0.39, 0.29) is 5.60 Å². The van der Waals surface area contributed by atoms with Crippen LogP contribution in [-0.2, 0) is 4.74 Å². The van der Waals surface area contributed by atoms with Gasteiger partial charge in [-0.05, 0) is 27.8 Å². The van der Waals surface area contributed by atoms with E-state index >= 15 is 0 Å². The van der Waals surface area contributed by atoms with Crippen molar-refractivity contribution in [1.29, 1.82) is 0 Å². The van der Waals surface area contributed by atoms with Crippen molar-refractivity contribution in [1.82, 2.24) is 5.32 Å². The van der Waals surface area contributed by atoms with Crippen LogP contribution in [0.4, 0.5) is 0 Å². The van der Waals surface area contributed by atoms with Crippen LogP contribution in [0.5, 0.6) is 0 Å². The third-order valence-electron chi connectivity index (χ3n) is 1.14. The summed E-state index contributed by atoms with van der Waals surface area (Å²) in [6, 6.07) is 0. The maximum atomic E-state index is 5.41. The summed E-state index contributed by atoms with van der Waals surface area (Å²) in [7, 11) is 1.93. The smallest absolute Gasteiger partial charge is 0.0750 e. The standard InChI is InChI=1S/C7H17NO.3C2H6/c1-5-9-7(2,3)6-8-4;3*1-2/h8H,5-6H2,1-4H3;3*1-2H3. The van der Waals surface area contributed by atoms with Crippen molar-refractivity contribution >= 4 is 0 Å². The Hall–Kier alpha value is -0.0800. The SMILES string of the molecule is CC.CC.CC.CCOC(C)(C)CNC. The molecule has 0 bridgehead atoms. The predicted molar refractivity (Wildman–Crippen MR) is 73.7 cm³/mol. The summed E-state index contributed by atoms with van der Waals surface area (Å²) < 4.78 is 5.41. The largest absolute Gasteiger partial charge is 0.375 e. The summed E-state index contributed by atoms with van der Waals surface area (Å²) in [5, 5.41) is 3.07. The Morgan fingerprint density at radius 3 is 1.47 bits per heavy atom. The molecule has 0 aromatic rings. The van der Waals surface area contributed by atoms with Crippen LogP contribution in [0.1, 0.15) is 62.3 Å². The molecular weight excluding hydrogens is 186 g/mol. The van der Waals surface area contributed by atoms with Crippen LogP contribution in [0.3, 0.4) is 0 Å². The number of hydrogen-bond donors (Lipinski definition) is 1. The van der Waals surface area contributed by atoms with E-state index in [9.17, 15) is 0 Å². The first-order chi connectivity index (χ1) is 7.12. The van der Waals surface area contributed by atoms with Crippen molar-refractivity contribution in [2.45, 2.75) is 67.9 Å². The lowest BCUT2D eigenvalue weighted by atomic mass is 10.1. The Balaban J connectivity index is -0.0000000860. The van der Waals surface area contributed by atoms with Crippen LogP contribution in [0.2, 0.25) is 0 Å². The van der Waals surface area contributed by atoms with Gasteiger partial charge < -0.3 is 10.1 Å². The summed E-state index contributed by atoms with van der Waals surface area (Å²) in [5.41, 5.74) is -0.0104. The van der Waals surface area contributed by atoms with Crippen molar-refractivity contribution in [2.75, 3.05) is 20.2 Å². The van der Waals surface area contributed by atoms with E-state index in [1.54, 1.807) is 0 Å². The summed E-state index contributed by atoms with van der Waals surface area (Å²) in [6.07, 6.45) is 0. The lowest BCUT2D eigenvalue weighted by Gasteiger charge is -2.23. The van der Waals surface area contributed by atoms with Gasteiger partial charge in [-0.2, -0.15) is 0 Å². The van der Waals surface area contributed by atoms with Gasteiger partial charge in [-0.1, -0.05) is 41.5 Å². The van der Waals surface area contributed by atoms with E-state index in [2.05, 4.69) is 19.2 Å². The lowest BCUT2D eigenvalue weighted by molar-refractivity contribution is -0.00746. The van der Waals surface area contributed by atoms with E-state index in [0.29, 0.717) is 0 Å². The second-order valence-electron chi connectivity index (χ2n) is 2.72. The normalized spacial score (nSPS) is 8.40. The Bertz CT molecular complexity index is 64.9. The molecule has 15 heavy (non-hydrogen) atoms. The molecule has 0 unspecified atom stereocenters. The van der Waals surface area contributed by atoms with Gasteiger partial charge in [0.25, 0.3) is 0 Å². The fourth-order valence-corrected chi connectivity index (χ4v) is 0.867. The first-order valence-corrected chi connectivity index (χ1v) is 6.41. The summed E-state index contributed by atoms with van der Waals surface area (Å²) in [4.78, 5) is 0. The van der Waals surface area contributed by atoms with Crippen LogP contribution in [0, 0.1) is 0 Å². The highest BCUT2D eigenvalue weighted by atomic mass is 16.5. The van der Waals surface area contributed by atoms with Crippen molar-refractivity contribution < 1.29 is 4.74 Å². The van der Waals surface area contributed by atoms with Crippen molar-refractivity contribution in [2.24, 2.45) is 0 Å². The number of ether oxygens (including phenoxy) is 1. The van der Waals surface area contributed by atoms with Gasteiger partial charge in [0.05, 0.1) is 5.60 Å². The number of hydrogen-bond acceptors (Lipinski definition) is 2. The van der Waals surface area contributed by atoms with Crippen molar-refractivity contribution in [3.05, 3.63) is 0 Å². The minimum absolute atomic E-state index is 0.0104. The Kier molecular flexibility index (Phi) is 38.2. The predicted octanol–water partition coefficient (Wildman–Crippen LogP) is 4.10. The summed E-state index contributed by atoms with van der Waals surface area (Å²) in [5.74, 6) is 0. The van der Waals surface area contributed by atoms with Gasteiger partial charge in [0.2, 0.25) is 0 Å². The molecular formula is C13H35NO. The lowest BCUT2D eigenvalue weighted by Crippen LogP contribution is -2.35. The third-order valence-corrected chi connectivity index (χ3v) is 1.14. The van der Waals surface area contributed by atoms with Gasteiger partial charge in [0, 0.05) is 13.2 Å². The molecule has 0 saturated heterocycles. The summed E-state index contributed by atoms with van der Waals surface area (Å²) >= 11 is 0. The van der Waals surface area contributed by atoms with Gasteiger partial charge >= 0.3 is 0 Å². The molecule has 0 aliphatic heterocycles. The molecule has 0 saturated carbocycles. The zero-order chi connectivity index (χ0) is 13.3. The Morgan fingerprint density at radius 1 is 0.933 bits per heavy atom. The molecule has 2 heteroatoms. The van der Waals surface area contributed by atoms with Gasteiger partial charge in [0.15, 0.2) is 0 Å². The monoisotopic (exact) mass is 221 g/mol. The zero-order valence-corrected chi connectivity index (χ0v) is 12.8. The molecule has 2 nitrogen and oxygen atoms in total. The van der Waals surface area contributed by atoms with Crippen LogP contribution in [0.15, 0.2) is 0 Å². The zero-order valence-electron chi connectivity index (χ0n) is 12.8. The van der Waals surface area contributed by atoms with Crippen molar-refractivity contribution in [3.63, 3.8) is 0 Å². The quantitative estimate of drug-likeness (QED) is 0.771. The topological polar surface area (TPSA) is 21.3 Å². The van der Waals surface area contributed by atoms with E-state index in [1.165, 1.54) is 0 Å². The molecule has 0 aromatic heterocycles. The molecule has 0 fully saturated rings. The van der Waals surface area contributed by atoms with E-state index in [1.807, 2.05) is 55.5 Å². The van der Waals surface area contributed by atoms with Crippen LogP contribution >= 0.6 is 0 Å². The number of nitrogens with one attached hydrogen (secondary N) is 1. The molecule has 0 aliphatic carbocycles. The maximum Gasteiger partial charge on any atom is 0.0750 e. The first-order valence-electron chi connectivity index (χ1n) is 6.41. The van der Waals surface area contributed by atoms with Gasteiger partial charge in [0.1, 0.15) is 0 Å². The molecule has 0 radical (unpaired) electrons. The van der Waals surface area contributed by atoms with E-state index in [0.717, 1.165) is 13.2 Å². The second kappa shape index (κ2) is 23.6. The van der Waals surface area contributed by atoms with Crippen LogP contribution in [-0.4, -0.2) is 25.8 Å². The molecule has 0 spiro atoms. The Labute approximate surface area is 98.8 Å². The van der Waals surface area contributed by atoms with Crippen molar-refractivity contribution in [3.8, 4) is 0 Å². The average Bonchev–Trinajstić information content (AvgIpc) is 2.26. The highest BCUT2D eigenvalue weighted by Gasteiger charge is 2.14. The molecule has 0 atom stereocenters. The van der Waals surface area contributed by atoms with Gasteiger partial charge in [-0.25, -0.2) is 0 Å². The van der Waals surface area contributed by atoms with E-state index < -0.39 is 0 Å².